The number of carbonyl (C=O) groups is 2. The summed E-state index contributed by atoms with van der Waals surface area (Å²) in [6.45, 7) is 0. The third kappa shape index (κ3) is 4.84. The Bertz CT molecular complexity index is 803. The van der Waals surface area contributed by atoms with Gasteiger partial charge in [0.1, 0.15) is 0 Å². The number of alkyl halides is 3. The first kappa shape index (κ1) is 19.5. The molecule has 7 heteroatoms. The van der Waals surface area contributed by atoms with Crippen LogP contribution in [0.4, 0.5) is 18.9 Å². The van der Waals surface area contributed by atoms with Gasteiger partial charge in [-0.3, -0.25) is 9.59 Å². The van der Waals surface area contributed by atoms with Crippen molar-refractivity contribution < 1.29 is 27.9 Å². The highest BCUT2D eigenvalue weighted by molar-refractivity contribution is 6.06. The molecular formula is C19H18F3NO3. The molecule has 0 saturated carbocycles. The van der Waals surface area contributed by atoms with Gasteiger partial charge in [0.25, 0.3) is 5.91 Å². The van der Waals surface area contributed by atoms with Crippen LogP contribution in [0.1, 0.15) is 34.3 Å². The van der Waals surface area contributed by atoms with Gasteiger partial charge in [0.05, 0.1) is 5.56 Å². The van der Waals surface area contributed by atoms with Crippen molar-refractivity contribution in [1.29, 1.82) is 0 Å². The predicted octanol–water partition coefficient (Wildman–Crippen LogP) is 4.39. The third-order valence-corrected chi connectivity index (χ3v) is 3.93. The Balaban J connectivity index is 2.25. The number of carbonyl (C=O) groups excluding carboxylic acids is 1. The molecule has 0 saturated heterocycles. The maximum Gasteiger partial charge on any atom is 0.416 e. The molecule has 0 atom stereocenters. The Labute approximate surface area is 148 Å². The minimum Gasteiger partial charge on any atom is -0.481 e. The topological polar surface area (TPSA) is 57.6 Å². The number of carboxylic acids is 1. The van der Waals surface area contributed by atoms with Gasteiger partial charge >= 0.3 is 12.1 Å². The molecule has 2 aromatic carbocycles. The maximum atomic E-state index is 12.9. The van der Waals surface area contributed by atoms with E-state index in [2.05, 4.69) is 0 Å². The molecule has 2 rings (SSSR count). The standard InChI is InChI=1S/C19H18F3NO3/c1-23(16-10-3-2-6-13(16)7-5-11-17(24)25)18(26)14-8-4-9-15(12-14)19(20,21)22/h2-4,6,8-10,12H,5,7,11H2,1H3,(H,24,25). The van der Waals surface area contributed by atoms with Gasteiger partial charge in [-0.05, 0) is 42.7 Å². The molecule has 0 heterocycles. The number of anilines is 1. The summed E-state index contributed by atoms with van der Waals surface area (Å²) in [4.78, 5) is 24.6. The summed E-state index contributed by atoms with van der Waals surface area (Å²) >= 11 is 0. The highest BCUT2D eigenvalue weighted by atomic mass is 19.4. The highest BCUT2D eigenvalue weighted by Gasteiger charge is 2.31. The molecule has 0 fully saturated rings. The minimum atomic E-state index is -4.52. The molecule has 4 nitrogen and oxygen atoms in total. The van der Waals surface area contributed by atoms with Crippen LogP contribution in [0.3, 0.4) is 0 Å². The van der Waals surface area contributed by atoms with E-state index in [-0.39, 0.29) is 12.0 Å². The molecule has 1 amide bonds. The van der Waals surface area contributed by atoms with Crippen LogP contribution >= 0.6 is 0 Å². The zero-order valence-electron chi connectivity index (χ0n) is 14.1. The Morgan fingerprint density at radius 3 is 2.42 bits per heavy atom. The molecular weight excluding hydrogens is 347 g/mol. The number of para-hydroxylation sites is 1. The normalized spacial score (nSPS) is 11.2. The summed E-state index contributed by atoms with van der Waals surface area (Å²) in [5.74, 6) is -1.47. The lowest BCUT2D eigenvalue weighted by atomic mass is 10.0. The first-order chi connectivity index (χ1) is 12.2. The van der Waals surface area contributed by atoms with E-state index in [1.54, 1.807) is 24.3 Å². The number of hydrogen-bond acceptors (Lipinski definition) is 2. The second kappa shape index (κ2) is 8.03. The van der Waals surface area contributed by atoms with Crippen LogP contribution in [-0.4, -0.2) is 24.0 Å². The number of rotatable bonds is 6. The van der Waals surface area contributed by atoms with Crippen molar-refractivity contribution in [3.05, 3.63) is 65.2 Å². The largest absolute Gasteiger partial charge is 0.481 e. The summed E-state index contributed by atoms with van der Waals surface area (Å²) in [5.41, 5.74) is 0.353. The van der Waals surface area contributed by atoms with E-state index in [1.165, 1.54) is 24.1 Å². The number of nitrogens with zero attached hydrogens (tertiary/aromatic N) is 1. The molecule has 0 unspecified atom stereocenters. The number of amides is 1. The van der Waals surface area contributed by atoms with Gasteiger partial charge < -0.3 is 10.0 Å². The van der Waals surface area contributed by atoms with Gasteiger partial charge in [-0.1, -0.05) is 24.3 Å². The Hall–Kier alpha value is -2.83. The first-order valence-electron chi connectivity index (χ1n) is 7.95. The summed E-state index contributed by atoms with van der Waals surface area (Å²) in [6.07, 6.45) is -3.68. The summed E-state index contributed by atoms with van der Waals surface area (Å²) in [7, 11) is 1.48. The third-order valence-electron chi connectivity index (χ3n) is 3.93. The fraction of sp³-hybridized carbons (Fsp3) is 0.263. The molecule has 26 heavy (non-hydrogen) atoms. The van der Waals surface area contributed by atoms with Crippen LogP contribution in [0.25, 0.3) is 0 Å². The molecule has 138 valence electrons. The molecule has 0 bridgehead atoms. The highest BCUT2D eigenvalue weighted by Crippen LogP contribution is 2.30. The van der Waals surface area contributed by atoms with Crippen molar-refractivity contribution in [3.8, 4) is 0 Å². The van der Waals surface area contributed by atoms with Gasteiger partial charge in [-0.25, -0.2) is 0 Å². The Kier molecular flexibility index (Phi) is 6.02. The van der Waals surface area contributed by atoms with Crippen molar-refractivity contribution in [2.45, 2.75) is 25.4 Å². The van der Waals surface area contributed by atoms with E-state index in [0.29, 0.717) is 18.5 Å². The van der Waals surface area contributed by atoms with Crippen LogP contribution < -0.4 is 4.90 Å². The number of hydrogen-bond donors (Lipinski definition) is 1. The fourth-order valence-corrected chi connectivity index (χ4v) is 2.61. The quantitative estimate of drug-likeness (QED) is 0.826. The number of aliphatic carboxylic acids is 1. The maximum absolute atomic E-state index is 12.9. The van der Waals surface area contributed by atoms with E-state index in [0.717, 1.165) is 17.7 Å². The van der Waals surface area contributed by atoms with Gasteiger partial charge in [0.2, 0.25) is 0 Å². The zero-order chi connectivity index (χ0) is 19.3. The number of carboxylic acid groups (broad SMARTS) is 1. The van der Waals surface area contributed by atoms with E-state index in [1.807, 2.05) is 0 Å². The summed E-state index contributed by atoms with van der Waals surface area (Å²) < 4.78 is 38.6. The molecule has 0 radical (unpaired) electrons. The predicted molar refractivity (Wildman–Crippen MR) is 91.2 cm³/mol. The van der Waals surface area contributed by atoms with Gasteiger partial charge in [0.15, 0.2) is 0 Å². The van der Waals surface area contributed by atoms with Gasteiger partial charge in [-0.2, -0.15) is 13.2 Å². The molecule has 1 N–H and O–H groups in total. The van der Waals surface area contributed by atoms with Crippen molar-refractivity contribution in [2.75, 3.05) is 11.9 Å². The Morgan fingerprint density at radius 2 is 1.77 bits per heavy atom. The van der Waals surface area contributed by atoms with Crippen LogP contribution in [0.15, 0.2) is 48.5 Å². The van der Waals surface area contributed by atoms with Crippen LogP contribution in [0.5, 0.6) is 0 Å². The minimum absolute atomic E-state index is 0.000374. The molecule has 0 spiro atoms. The van der Waals surface area contributed by atoms with Crippen molar-refractivity contribution in [3.63, 3.8) is 0 Å². The van der Waals surface area contributed by atoms with Crippen molar-refractivity contribution >= 4 is 17.6 Å². The van der Waals surface area contributed by atoms with Crippen LogP contribution in [0.2, 0.25) is 0 Å². The van der Waals surface area contributed by atoms with E-state index in [9.17, 15) is 22.8 Å². The Morgan fingerprint density at radius 1 is 1.08 bits per heavy atom. The van der Waals surface area contributed by atoms with Crippen molar-refractivity contribution in [2.24, 2.45) is 0 Å². The molecule has 0 aliphatic rings. The average Bonchev–Trinajstić information content (AvgIpc) is 2.60. The number of benzene rings is 2. The summed E-state index contributed by atoms with van der Waals surface area (Å²) in [5, 5.41) is 8.74. The van der Waals surface area contributed by atoms with Crippen molar-refractivity contribution in [1.82, 2.24) is 0 Å². The van der Waals surface area contributed by atoms with E-state index >= 15 is 0 Å². The molecule has 0 aromatic heterocycles. The van der Waals surface area contributed by atoms with Crippen LogP contribution in [-0.2, 0) is 17.4 Å². The summed E-state index contributed by atoms with van der Waals surface area (Å²) in [6, 6.07) is 11.2. The first-order valence-corrected chi connectivity index (χ1v) is 7.95. The lowest BCUT2D eigenvalue weighted by Crippen LogP contribution is -2.27. The monoisotopic (exact) mass is 365 g/mol. The molecule has 2 aromatic rings. The second-order valence-electron chi connectivity index (χ2n) is 5.82. The lowest BCUT2D eigenvalue weighted by molar-refractivity contribution is -0.138. The van der Waals surface area contributed by atoms with E-state index in [4.69, 9.17) is 5.11 Å². The molecule has 0 aliphatic heterocycles. The lowest BCUT2D eigenvalue weighted by Gasteiger charge is -2.21. The van der Waals surface area contributed by atoms with Gasteiger partial charge in [-0.15, -0.1) is 0 Å². The number of aryl methyl sites for hydroxylation is 1. The van der Waals surface area contributed by atoms with Gasteiger partial charge in [0, 0.05) is 24.7 Å². The molecule has 0 aliphatic carbocycles. The zero-order valence-corrected chi connectivity index (χ0v) is 14.1. The number of halogens is 3. The average molecular weight is 365 g/mol. The van der Waals surface area contributed by atoms with Crippen LogP contribution in [0, 0.1) is 0 Å². The fourth-order valence-electron chi connectivity index (χ4n) is 2.61. The second-order valence-corrected chi connectivity index (χ2v) is 5.82. The SMILES string of the molecule is CN(C(=O)c1cccc(C(F)(F)F)c1)c1ccccc1CCCC(=O)O. The van der Waals surface area contributed by atoms with E-state index < -0.39 is 23.6 Å². The smallest absolute Gasteiger partial charge is 0.416 e.